The molecule has 0 N–H and O–H groups in total. The molecule has 0 bridgehead atoms. The molecule has 5 nitrogen and oxygen atoms in total. The minimum Gasteiger partial charge on any atom is -0.370 e. The van der Waals surface area contributed by atoms with Gasteiger partial charge in [-0.2, -0.15) is 4.98 Å². The van der Waals surface area contributed by atoms with Gasteiger partial charge in [-0.3, -0.25) is 0 Å². The highest BCUT2D eigenvalue weighted by atomic mass is 28.4. The predicted octanol–water partition coefficient (Wildman–Crippen LogP) is 3.79. The molecule has 1 aliphatic heterocycles. The predicted molar refractivity (Wildman–Crippen MR) is 101 cm³/mol. The normalized spacial score (nSPS) is 19.4. The fourth-order valence-corrected chi connectivity index (χ4v) is 20.8. The van der Waals surface area contributed by atoms with E-state index in [1.165, 1.54) is 36.0 Å². The Kier molecular flexibility index (Phi) is 4.50. The highest BCUT2D eigenvalue weighted by Crippen LogP contribution is 2.42. The summed E-state index contributed by atoms with van der Waals surface area (Å²) in [4.78, 5) is 18.1. The second-order valence-corrected chi connectivity index (χ2v) is 17.4. The summed E-state index contributed by atoms with van der Waals surface area (Å²) < 4.78 is 2.65. The molecule has 0 spiro atoms. The molecule has 3 heterocycles. The molecule has 1 aliphatic rings. The third-order valence-corrected chi connectivity index (χ3v) is 20.1. The lowest BCUT2D eigenvalue weighted by molar-refractivity contribution is 1.02. The van der Waals surface area contributed by atoms with Gasteiger partial charge in [-0.25, -0.2) is 15.0 Å². The summed E-state index contributed by atoms with van der Waals surface area (Å²) in [6, 6.07) is 5.34. The molecule has 3 rings (SSSR count). The van der Waals surface area contributed by atoms with Gasteiger partial charge >= 0.3 is 0 Å². The van der Waals surface area contributed by atoms with Gasteiger partial charge in [-0.15, -0.1) is 0 Å². The van der Waals surface area contributed by atoms with Crippen LogP contribution in [0.5, 0.6) is 0 Å². The summed E-state index contributed by atoms with van der Waals surface area (Å²) in [5, 5.41) is 0. The molecule has 124 valence electrons. The number of fused-ring (bicyclic) bond motifs is 1. The van der Waals surface area contributed by atoms with E-state index in [2.05, 4.69) is 47.2 Å². The van der Waals surface area contributed by atoms with Crippen molar-refractivity contribution in [3.05, 3.63) is 18.6 Å². The molecule has 0 amide bonds. The molecular formula is C16H27N5Si2. The Hall–Kier alpha value is -1.35. The maximum Gasteiger partial charge on any atom is 0.219 e. The number of hydrogen-bond acceptors (Lipinski definition) is 5. The van der Waals surface area contributed by atoms with Gasteiger partial charge in [0, 0.05) is 18.6 Å². The fourth-order valence-electron chi connectivity index (χ4n) is 4.13. The van der Waals surface area contributed by atoms with Crippen LogP contribution in [0.25, 0.3) is 11.2 Å². The van der Waals surface area contributed by atoms with Crippen LogP contribution in [0, 0.1) is 0 Å². The summed E-state index contributed by atoms with van der Waals surface area (Å²) in [6.45, 7) is 9.55. The van der Waals surface area contributed by atoms with Crippen molar-refractivity contribution in [3.8, 4) is 0 Å². The first-order valence-electron chi connectivity index (χ1n) is 8.83. The Morgan fingerprint density at radius 1 is 0.957 bits per heavy atom. The highest BCUT2D eigenvalue weighted by molar-refractivity contribution is 7.03. The van der Waals surface area contributed by atoms with Gasteiger partial charge in [0.25, 0.3) is 0 Å². The molecule has 0 saturated carbocycles. The van der Waals surface area contributed by atoms with E-state index in [-0.39, 0.29) is 0 Å². The number of aromatic nitrogens is 4. The van der Waals surface area contributed by atoms with E-state index < -0.39 is 16.3 Å². The van der Waals surface area contributed by atoms with E-state index in [9.17, 15) is 0 Å². The quantitative estimate of drug-likeness (QED) is 0.772. The molecule has 2 aromatic rings. The van der Waals surface area contributed by atoms with Crippen molar-refractivity contribution < 1.29 is 0 Å². The van der Waals surface area contributed by atoms with Crippen LogP contribution < -0.4 is 4.57 Å². The molecule has 0 aliphatic carbocycles. The van der Waals surface area contributed by atoms with Crippen LogP contribution in [0.1, 0.15) is 27.7 Å². The van der Waals surface area contributed by atoms with Crippen LogP contribution >= 0.6 is 0 Å². The third kappa shape index (κ3) is 2.69. The van der Waals surface area contributed by atoms with Gasteiger partial charge in [0.15, 0.2) is 13.9 Å². The third-order valence-electron chi connectivity index (χ3n) is 6.04. The van der Waals surface area contributed by atoms with Gasteiger partial charge in [0.05, 0.1) is 14.3 Å². The van der Waals surface area contributed by atoms with E-state index in [1.807, 2.05) is 6.20 Å². The largest absolute Gasteiger partial charge is 0.370 e. The van der Waals surface area contributed by atoms with Gasteiger partial charge in [-0.1, -0.05) is 39.8 Å². The monoisotopic (exact) mass is 345 g/mol. The molecule has 0 unspecified atom stereocenters. The van der Waals surface area contributed by atoms with Crippen molar-refractivity contribution in [2.24, 2.45) is 0 Å². The topological polar surface area (TPSA) is 54.8 Å². The highest BCUT2D eigenvalue weighted by Gasteiger charge is 2.53. The molecule has 0 atom stereocenters. The zero-order chi connectivity index (χ0) is 16.5. The number of rotatable bonds is 5. The lowest BCUT2D eigenvalue weighted by Gasteiger charge is -2.35. The molecule has 0 aromatic carbocycles. The lowest BCUT2D eigenvalue weighted by Crippen LogP contribution is -2.48. The van der Waals surface area contributed by atoms with E-state index >= 15 is 0 Å². The summed E-state index contributed by atoms with van der Waals surface area (Å²) in [6.07, 6.45) is 6.49. The van der Waals surface area contributed by atoms with E-state index in [4.69, 9.17) is 4.98 Å². The number of hydrogen-bond donors (Lipinski definition) is 0. The van der Waals surface area contributed by atoms with Crippen LogP contribution in [-0.4, -0.2) is 42.4 Å². The van der Waals surface area contributed by atoms with Crippen LogP contribution in [0.15, 0.2) is 18.6 Å². The summed E-state index contributed by atoms with van der Waals surface area (Å²) in [7, 11) is -2.69. The van der Waals surface area contributed by atoms with Crippen LogP contribution in [-0.2, 0) is 0 Å². The van der Waals surface area contributed by atoms with Crippen molar-refractivity contribution in [2.75, 3.05) is 10.7 Å². The van der Waals surface area contributed by atoms with E-state index in [0.717, 1.165) is 17.1 Å². The van der Waals surface area contributed by atoms with Gasteiger partial charge in [-0.05, 0) is 17.8 Å². The van der Waals surface area contributed by atoms with E-state index in [1.54, 1.807) is 12.4 Å². The summed E-state index contributed by atoms with van der Waals surface area (Å²) >= 11 is 0. The van der Waals surface area contributed by atoms with Gasteiger partial charge in [0.1, 0.15) is 5.52 Å². The molecule has 0 radical (unpaired) electrons. The average Bonchev–Trinajstić information content (AvgIpc) is 2.97. The standard InChI is InChI=1S/C16H27N5Si2/c1-5-22(6-2)12-21(23(7-3,8-4)13-22)16-19-11-14-15(20-16)18-10-9-17-14/h9-11H,5-8,12-13H2,1-4H3. The van der Waals surface area contributed by atoms with Crippen LogP contribution in [0.4, 0.5) is 5.95 Å². The van der Waals surface area contributed by atoms with Crippen molar-refractivity contribution in [1.82, 2.24) is 19.9 Å². The second kappa shape index (κ2) is 6.28. The first-order valence-corrected chi connectivity index (χ1v) is 14.2. The molecule has 1 saturated heterocycles. The second-order valence-electron chi connectivity index (χ2n) is 6.84. The summed E-state index contributed by atoms with van der Waals surface area (Å²) in [5.74, 6) is 0.907. The molecule has 1 fully saturated rings. The van der Waals surface area contributed by atoms with Gasteiger partial charge < -0.3 is 4.57 Å². The first-order chi connectivity index (χ1) is 11.1. The molecular weight excluding hydrogens is 318 g/mol. The first kappa shape index (κ1) is 16.5. The summed E-state index contributed by atoms with van der Waals surface area (Å²) in [5.41, 5.74) is 3.01. The van der Waals surface area contributed by atoms with Crippen molar-refractivity contribution in [1.29, 1.82) is 0 Å². The maximum absolute atomic E-state index is 4.78. The Morgan fingerprint density at radius 3 is 2.30 bits per heavy atom. The Morgan fingerprint density at radius 2 is 1.65 bits per heavy atom. The van der Waals surface area contributed by atoms with Crippen LogP contribution in [0.3, 0.4) is 0 Å². The maximum atomic E-state index is 4.78. The van der Waals surface area contributed by atoms with Crippen molar-refractivity contribution >= 4 is 33.4 Å². The smallest absolute Gasteiger partial charge is 0.219 e. The van der Waals surface area contributed by atoms with Crippen molar-refractivity contribution in [2.45, 2.75) is 57.5 Å². The average molecular weight is 346 g/mol. The van der Waals surface area contributed by atoms with Crippen LogP contribution in [0.2, 0.25) is 29.8 Å². The fraction of sp³-hybridized carbons (Fsp3) is 0.625. The van der Waals surface area contributed by atoms with E-state index in [0.29, 0.717) is 0 Å². The Balaban J connectivity index is 2.06. The minimum atomic E-state index is -1.49. The zero-order valence-electron chi connectivity index (χ0n) is 14.7. The Labute approximate surface area is 140 Å². The Bertz CT molecular complexity index is 685. The minimum absolute atomic E-state index is 0.722. The lowest BCUT2D eigenvalue weighted by atomic mass is 10.5. The van der Waals surface area contributed by atoms with Crippen molar-refractivity contribution in [3.63, 3.8) is 0 Å². The van der Waals surface area contributed by atoms with Gasteiger partial charge in [0.2, 0.25) is 5.95 Å². The number of anilines is 1. The molecule has 7 heteroatoms. The molecule has 2 aromatic heterocycles. The zero-order valence-corrected chi connectivity index (χ0v) is 16.7. The SMILES string of the molecule is CC[Si]1(CC)CN(c2ncc3nccnc3n2)[Si](CC)(CC)C1. The number of nitrogens with zero attached hydrogens (tertiary/aromatic N) is 5. The molecule has 23 heavy (non-hydrogen) atoms.